The zero-order valence-corrected chi connectivity index (χ0v) is 12.0. The number of methoxy groups -OCH3 is 1. The van der Waals surface area contributed by atoms with Gasteiger partial charge in [0.05, 0.1) is 25.0 Å². The lowest BCUT2D eigenvalue weighted by molar-refractivity contribution is 0.0950. The lowest BCUT2D eigenvalue weighted by Crippen LogP contribution is -2.24. The number of amides is 1. The topological polar surface area (TPSA) is 94.0 Å². The molecule has 112 valence electrons. The van der Waals surface area contributed by atoms with Gasteiger partial charge in [-0.15, -0.1) is 10.2 Å². The molecule has 2 heterocycles. The molecule has 0 fully saturated rings. The van der Waals surface area contributed by atoms with E-state index >= 15 is 0 Å². The molecule has 8 nitrogen and oxygen atoms in total. The average molecular weight is 290 g/mol. The van der Waals surface area contributed by atoms with Gasteiger partial charge in [0.25, 0.3) is 5.91 Å². The van der Waals surface area contributed by atoms with E-state index in [2.05, 4.69) is 25.9 Å². The van der Waals surface area contributed by atoms with Gasteiger partial charge in [0.1, 0.15) is 0 Å². The Morgan fingerprint density at radius 2 is 2.24 bits per heavy atom. The Kier molecular flexibility index (Phi) is 5.22. The molecule has 0 atom stereocenters. The molecule has 0 saturated heterocycles. The normalized spacial score (nSPS) is 10.4. The van der Waals surface area contributed by atoms with E-state index in [-0.39, 0.29) is 11.6 Å². The van der Waals surface area contributed by atoms with Gasteiger partial charge in [0, 0.05) is 19.9 Å². The van der Waals surface area contributed by atoms with Gasteiger partial charge in [0.15, 0.2) is 11.5 Å². The number of aromatic nitrogens is 4. The van der Waals surface area contributed by atoms with Crippen LogP contribution in [0.15, 0.2) is 24.5 Å². The fourth-order valence-corrected chi connectivity index (χ4v) is 1.65. The molecule has 2 aromatic heterocycles. The molecule has 2 rings (SSSR count). The molecular formula is C13H18N6O2. The van der Waals surface area contributed by atoms with E-state index in [1.165, 1.54) is 0 Å². The molecule has 1 amide bonds. The van der Waals surface area contributed by atoms with Gasteiger partial charge in [-0.2, -0.15) is 5.10 Å². The van der Waals surface area contributed by atoms with Crippen LogP contribution in [-0.4, -0.2) is 46.1 Å². The largest absolute Gasteiger partial charge is 0.383 e. The van der Waals surface area contributed by atoms with Crippen molar-refractivity contribution < 1.29 is 9.53 Å². The molecule has 0 bridgehead atoms. The van der Waals surface area contributed by atoms with Crippen LogP contribution in [0.25, 0.3) is 0 Å². The van der Waals surface area contributed by atoms with Crippen LogP contribution >= 0.6 is 0 Å². The molecule has 8 heteroatoms. The van der Waals surface area contributed by atoms with E-state index in [1.807, 2.05) is 13.1 Å². The van der Waals surface area contributed by atoms with Crippen molar-refractivity contribution in [3.05, 3.63) is 30.2 Å². The summed E-state index contributed by atoms with van der Waals surface area (Å²) in [5.41, 5.74) is 1.09. The number of hydrogen-bond donors (Lipinski definition) is 2. The Morgan fingerprint density at radius 1 is 1.38 bits per heavy atom. The van der Waals surface area contributed by atoms with Crippen molar-refractivity contribution in [3.8, 4) is 0 Å². The molecule has 2 N–H and O–H groups in total. The Bertz CT molecular complexity index is 581. The molecule has 0 spiro atoms. The Hall–Kier alpha value is -2.48. The van der Waals surface area contributed by atoms with E-state index in [4.69, 9.17) is 4.74 Å². The standard InChI is InChI=1S/C13H18N6O2/c1-3-14-13(20)11-4-5-12(18-17-11)16-10-8-15-19(9-10)6-7-21-2/h4-5,8-9H,3,6-7H2,1-2H3,(H,14,20)(H,16,18). The summed E-state index contributed by atoms with van der Waals surface area (Å²) in [5, 5.41) is 17.8. The first-order valence-electron chi connectivity index (χ1n) is 6.63. The van der Waals surface area contributed by atoms with Crippen molar-refractivity contribution >= 4 is 17.4 Å². The monoisotopic (exact) mass is 290 g/mol. The van der Waals surface area contributed by atoms with Gasteiger partial charge < -0.3 is 15.4 Å². The lowest BCUT2D eigenvalue weighted by Gasteiger charge is -2.03. The number of nitrogens with one attached hydrogen (secondary N) is 2. The molecule has 2 aromatic rings. The van der Waals surface area contributed by atoms with Crippen LogP contribution in [0.4, 0.5) is 11.5 Å². The molecule has 21 heavy (non-hydrogen) atoms. The van der Waals surface area contributed by atoms with Crippen LogP contribution in [-0.2, 0) is 11.3 Å². The highest BCUT2D eigenvalue weighted by molar-refractivity contribution is 5.92. The average Bonchev–Trinajstić information content (AvgIpc) is 2.93. The summed E-state index contributed by atoms with van der Waals surface area (Å²) >= 11 is 0. The van der Waals surface area contributed by atoms with Crippen molar-refractivity contribution in [1.82, 2.24) is 25.3 Å². The van der Waals surface area contributed by atoms with Crippen LogP contribution in [0.2, 0.25) is 0 Å². The minimum absolute atomic E-state index is 0.232. The molecule has 0 aliphatic heterocycles. The molecule has 0 radical (unpaired) electrons. The smallest absolute Gasteiger partial charge is 0.271 e. The van der Waals surface area contributed by atoms with Crippen molar-refractivity contribution in [2.45, 2.75) is 13.5 Å². The molecule has 0 aromatic carbocycles. The molecule has 0 aliphatic carbocycles. The van der Waals surface area contributed by atoms with E-state index in [0.29, 0.717) is 25.5 Å². The van der Waals surface area contributed by atoms with Crippen molar-refractivity contribution in [1.29, 1.82) is 0 Å². The zero-order chi connectivity index (χ0) is 15.1. The van der Waals surface area contributed by atoms with Crippen LogP contribution in [0, 0.1) is 0 Å². The maximum atomic E-state index is 11.6. The molecule has 0 aliphatic rings. The Morgan fingerprint density at radius 3 is 2.90 bits per heavy atom. The van der Waals surface area contributed by atoms with Crippen molar-refractivity contribution in [3.63, 3.8) is 0 Å². The Labute approximate surface area is 122 Å². The maximum Gasteiger partial charge on any atom is 0.271 e. The number of carbonyl (C=O) groups is 1. The minimum Gasteiger partial charge on any atom is -0.383 e. The van der Waals surface area contributed by atoms with E-state index in [9.17, 15) is 4.79 Å². The summed E-state index contributed by atoms with van der Waals surface area (Å²) in [6, 6.07) is 3.32. The molecular weight excluding hydrogens is 272 g/mol. The predicted octanol–water partition coefficient (Wildman–Crippen LogP) is 0.813. The third-order valence-electron chi connectivity index (χ3n) is 2.66. The van der Waals surface area contributed by atoms with Gasteiger partial charge in [-0.1, -0.05) is 0 Å². The number of rotatable bonds is 7. The quantitative estimate of drug-likeness (QED) is 0.784. The van der Waals surface area contributed by atoms with Crippen molar-refractivity contribution in [2.75, 3.05) is 25.6 Å². The summed E-state index contributed by atoms with van der Waals surface area (Å²) < 4.78 is 6.75. The second kappa shape index (κ2) is 7.34. The Balaban J connectivity index is 1.96. The van der Waals surface area contributed by atoms with Crippen LogP contribution in [0.3, 0.4) is 0 Å². The second-order valence-electron chi connectivity index (χ2n) is 4.27. The fourth-order valence-electron chi connectivity index (χ4n) is 1.65. The lowest BCUT2D eigenvalue weighted by atomic mass is 10.3. The summed E-state index contributed by atoms with van der Waals surface area (Å²) in [6.45, 7) is 3.69. The van der Waals surface area contributed by atoms with Gasteiger partial charge in [0.2, 0.25) is 0 Å². The fraction of sp³-hybridized carbons (Fsp3) is 0.385. The minimum atomic E-state index is -0.232. The molecule has 0 unspecified atom stereocenters. The van der Waals surface area contributed by atoms with Crippen LogP contribution < -0.4 is 10.6 Å². The van der Waals surface area contributed by atoms with E-state index < -0.39 is 0 Å². The first-order chi connectivity index (χ1) is 10.2. The number of ether oxygens (including phenoxy) is 1. The van der Waals surface area contributed by atoms with Crippen LogP contribution in [0.1, 0.15) is 17.4 Å². The predicted molar refractivity (Wildman–Crippen MR) is 77.4 cm³/mol. The number of carbonyl (C=O) groups excluding carboxylic acids is 1. The van der Waals surface area contributed by atoms with Gasteiger partial charge in [-0.05, 0) is 19.1 Å². The van der Waals surface area contributed by atoms with Gasteiger partial charge in [-0.3, -0.25) is 9.48 Å². The number of nitrogens with zero attached hydrogens (tertiary/aromatic N) is 4. The number of hydrogen-bond acceptors (Lipinski definition) is 6. The van der Waals surface area contributed by atoms with E-state index in [0.717, 1.165) is 5.69 Å². The van der Waals surface area contributed by atoms with Crippen LogP contribution in [0.5, 0.6) is 0 Å². The third kappa shape index (κ3) is 4.25. The first kappa shape index (κ1) is 14.9. The number of anilines is 2. The molecule has 0 saturated carbocycles. The summed E-state index contributed by atoms with van der Waals surface area (Å²) in [6.07, 6.45) is 3.54. The highest BCUT2D eigenvalue weighted by atomic mass is 16.5. The summed E-state index contributed by atoms with van der Waals surface area (Å²) in [7, 11) is 1.65. The first-order valence-corrected chi connectivity index (χ1v) is 6.63. The highest BCUT2D eigenvalue weighted by Gasteiger charge is 2.07. The third-order valence-corrected chi connectivity index (χ3v) is 2.66. The second-order valence-corrected chi connectivity index (χ2v) is 4.27. The zero-order valence-electron chi connectivity index (χ0n) is 12.0. The highest BCUT2D eigenvalue weighted by Crippen LogP contribution is 2.12. The summed E-state index contributed by atoms with van der Waals surface area (Å²) in [5.74, 6) is 0.318. The van der Waals surface area contributed by atoms with E-state index in [1.54, 1.807) is 30.1 Å². The van der Waals surface area contributed by atoms with Gasteiger partial charge >= 0.3 is 0 Å². The van der Waals surface area contributed by atoms with Crippen molar-refractivity contribution in [2.24, 2.45) is 0 Å². The maximum absolute atomic E-state index is 11.6. The SMILES string of the molecule is CCNC(=O)c1ccc(Nc2cnn(CCOC)c2)nn1. The summed E-state index contributed by atoms with van der Waals surface area (Å²) in [4.78, 5) is 11.6. The van der Waals surface area contributed by atoms with Gasteiger partial charge in [-0.25, -0.2) is 0 Å².